The molecule has 3 rings (SSSR count). The van der Waals surface area contributed by atoms with Gasteiger partial charge in [0.05, 0.1) is 11.2 Å². The zero-order valence-corrected chi connectivity index (χ0v) is 12.6. The summed E-state index contributed by atoms with van der Waals surface area (Å²) in [5.41, 5.74) is 1.62. The lowest BCUT2D eigenvalue weighted by Crippen LogP contribution is -2.53. The largest absolute Gasteiger partial charge is 0.306 e. The van der Waals surface area contributed by atoms with Crippen LogP contribution in [0.3, 0.4) is 0 Å². The topological polar surface area (TPSA) is 24.9 Å². The van der Waals surface area contributed by atoms with Gasteiger partial charge in [0.1, 0.15) is 5.01 Å². The Labute approximate surface area is 114 Å². The fraction of sp³-hybridized carbons (Fsp3) is 0.800. The van der Waals surface area contributed by atoms with Crippen molar-refractivity contribution in [2.24, 2.45) is 11.8 Å². The third-order valence-electron chi connectivity index (χ3n) is 4.68. The van der Waals surface area contributed by atoms with Gasteiger partial charge in [-0.3, -0.25) is 0 Å². The molecule has 0 amide bonds. The van der Waals surface area contributed by atoms with E-state index in [1.165, 1.54) is 42.8 Å². The lowest BCUT2D eigenvalue weighted by molar-refractivity contribution is 0.0692. The Kier molecular flexibility index (Phi) is 3.23. The predicted octanol–water partition coefficient (Wildman–Crippen LogP) is 3.50. The summed E-state index contributed by atoms with van der Waals surface area (Å²) in [6.07, 6.45) is 6.36. The Hall–Kier alpha value is -0.410. The fourth-order valence-electron chi connectivity index (χ4n) is 3.43. The van der Waals surface area contributed by atoms with Crippen LogP contribution in [0.2, 0.25) is 0 Å². The molecule has 18 heavy (non-hydrogen) atoms. The highest BCUT2D eigenvalue weighted by Crippen LogP contribution is 2.50. The zero-order valence-electron chi connectivity index (χ0n) is 11.8. The predicted molar refractivity (Wildman–Crippen MR) is 77.1 cm³/mol. The summed E-state index contributed by atoms with van der Waals surface area (Å²) >= 11 is 1.98. The number of aryl methyl sites for hydroxylation is 2. The van der Waals surface area contributed by atoms with Gasteiger partial charge in [0, 0.05) is 4.88 Å². The van der Waals surface area contributed by atoms with Gasteiger partial charge in [0.15, 0.2) is 0 Å². The summed E-state index contributed by atoms with van der Waals surface area (Å²) in [4.78, 5) is 6.52. The molecule has 0 atom stereocenters. The van der Waals surface area contributed by atoms with Crippen molar-refractivity contribution in [1.82, 2.24) is 10.3 Å². The van der Waals surface area contributed by atoms with E-state index in [0.29, 0.717) is 0 Å². The van der Waals surface area contributed by atoms with Crippen LogP contribution in [-0.2, 0) is 18.4 Å². The molecular formula is C15H24N2S. The highest BCUT2D eigenvalue weighted by atomic mass is 32.1. The van der Waals surface area contributed by atoms with E-state index in [1.54, 1.807) is 4.88 Å². The first-order valence-corrected chi connectivity index (χ1v) is 8.20. The van der Waals surface area contributed by atoms with Gasteiger partial charge < -0.3 is 5.32 Å². The number of hydrogen-bond acceptors (Lipinski definition) is 3. The lowest BCUT2D eigenvalue weighted by atomic mass is 9.64. The van der Waals surface area contributed by atoms with Crippen LogP contribution in [-0.4, -0.2) is 11.5 Å². The van der Waals surface area contributed by atoms with E-state index in [9.17, 15) is 0 Å². The van der Waals surface area contributed by atoms with E-state index in [1.807, 2.05) is 11.3 Å². The lowest BCUT2D eigenvalue weighted by Gasteiger charge is -2.49. The van der Waals surface area contributed by atoms with Crippen molar-refractivity contribution in [1.29, 1.82) is 0 Å². The Balaban J connectivity index is 1.82. The third kappa shape index (κ3) is 1.92. The minimum Gasteiger partial charge on any atom is -0.306 e. The molecule has 0 unspecified atom stereocenters. The van der Waals surface area contributed by atoms with E-state index in [4.69, 9.17) is 4.98 Å². The van der Waals surface area contributed by atoms with Crippen LogP contribution in [0.1, 0.15) is 55.6 Å². The maximum Gasteiger partial charge on any atom is 0.113 e. The minimum absolute atomic E-state index is 0.221. The molecule has 1 saturated carbocycles. The van der Waals surface area contributed by atoms with Crippen LogP contribution in [0.4, 0.5) is 0 Å². The molecule has 2 aliphatic rings. The molecule has 1 N–H and O–H groups in total. The average Bonchev–Trinajstić information content (AvgIpc) is 2.81. The van der Waals surface area contributed by atoms with Gasteiger partial charge in [-0.25, -0.2) is 4.98 Å². The Morgan fingerprint density at radius 3 is 2.78 bits per heavy atom. The zero-order chi connectivity index (χ0) is 12.8. The Morgan fingerprint density at radius 1 is 1.39 bits per heavy atom. The molecule has 1 aromatic heterocycles. The maximum absolute atomic E-state index is 4.95. The van der Waals surface area contributed by atoms with Gasteiger partial charge in [-0.1, -0.05) is 20.8 Å². The molecule has 3 heteroatoms. The average molecular weight is 264 g/mol. The van der Waals surface area contributed by atoms with Gasteiger partial charge in [0.25, 0.3) is 0 Å². The number of rotatable bonds is 4. The van der Waals surface area contributed by atoms with E-state index >= 15 is 0 Å². The number of aromatic nitrogens is 1. The molecular weight excluding hydrogens is 240 g/mol. The summed E-state index contributed by atoms with van der Waals surface area (Å²) < 4.78 is 0. The molecule has 0 radical (unpaired) electrons. The summed E-state index contributed by atoms with van der Waals surface area (Å²) in [7, 11) is 0. The summed E-state index contributed by atoms with van der Waals surface area (Å²) in [5.74, 6) is 1.69. The summed E-state index contributed by atoms with van der Waals surface area (Å²) in [6, 6.07) is 0. The first-order chi connectivity index (χ1) is 8.64. The fourth-order valence-corrected chi connectivity index (χ4v) is 4.77. The molecule has 0 aliphatic heterocycles. The molecule has 1 heterocycles. The van der Waals surface area contributed by atoms with Crippen LogP contribution in [0, 0.1) is 11.8 Å². The van der Waals surface area contributed by atoms with Crippen molar-refractivity contribution in [2.75, 3.05) is 6.54 Å². The van der Waals surface area contributed by atoms with Crippen LogP contribution in [0.15, 0.2) is 0 Å². The van der Waals surface area contributed by atoms with Crippen LogP contribution < -0.4 is 5.32 Å². The van der Waals surface area contributed by atoms with E-state index in [0.717, 1.165) is 18.4 Å². The van der Waals surface area contributed by atoms with Crippen molar-refractivity contribution in [3.05, 3.63) is 15.6 Å². The maximum atomic E-state index is 4.95. The number of thiazole rings is 1. The minimum atomic E-state index is 0.221. The Morgan fingerprint density at radius 2 is 2.17 bits per heavy atom. The summed E-state index contributed by atoms with van der Waals surface area (Å²) in [5, 5.41) is 5.11. The van der Waals surface area contributed by atoms with Crippen molar-refractivity contribution in [2.45, 2.75) is 58.4 Å². The second kappa shape index (κ2) is 4.61. The van der Waals surface area contributed by atoms with Gasteiger partial charge in [0.2, 0.25) is 0 Å². The van der Waals surface area contributed by atoms with Crippen molar-refractivity contribution >= 4 is 11.3 Å². The molecule has 100 valence electrons. The smallest absolute Gasteiger partial charge is 0.113 e. The second-order valence-electron chi connectivity index (χ2n) is 6.27. The van der Waals surface area contributed by atoms with Gasteiger partial charge in [-0.2, -0.15) is 0 Å². The third-order valence-corrected chi connectivity index (χ3v) is 6.05. The van der Waals surface area contributed by atoms with Crippen molar-refractivity contribution in [3.8, 4) is 0 Å². The van der Waals surface area contributed by atoms with Gasteiger partial charge >= 0.3 is 0 Å². The molecule has 1 fully saturated rings. The number of nitrogens with zero attached hydrogens (tertiary/aromatic N) is 1. The van der Waals surface area contributed by atoms with Crippen LogP contribution >= 0.6 is 11.3 Å². The van der Waals surface area contributed by atoms with E-state index in [-0.39, 0.29) is 5.54 Å². The highest BCUT2D eigenvalue weighted by Gasteiger charge is 2.48. The van der Waals surface area contributed by atoms with Gasteiger partial charge in [-0.15, -0.1) is 11.3 Å². The molecule has 2 nitrogen and oxygen atoms in total. The second-order valence-corrected chi connectivity index (χ2v) is 7.35. The van der Waals surface area contributed by atoms with Gasteiger partial charge in [-0.05, 0) is 50.5 Å². The molecule has 1 aromatic rings. The van der Waals surface area contributed by atoms with Crippen LogP contribution in [0.5, 0.6) is 0 Å². The Bertz CT molecular complexity index is 408. The molecule has 0 saturated heterocycles. The van der Waals surface area contributed by atoms with E-state index < -0.39 is 0 Å². The SMILES string of the molecule is CCNC1(c2nc3c(s2)CCC3)CC(C(C)C)C1. The molecule has 0 spiro atoms. The highest BCUT2D eigenvalue weighted by molar-refractivity contribution is 7.12. The first kappa shape index (κ1) is 12.6. The van der Waals surface area contributed by atoms with E-state index in [2.05, 4.69) is 26.1 Å². The van der Waals surface area contributed by atoms with Crippen molar-refractivity contribution < 1.29 is 0 Å². The monoisotopic (exact) mass is 264 g/mol. The number of fused-ring (bicyclic) bond motifs is 1. The molecule has 2 aliphatic carbocycles. The number of nitrogens with one attached hydrogen (secondary N) is 1. The quantitative estimate of drug-likeness (QED) is 0.900. The summed E-state index contributed by atoms with van der Waals surface area (Å²) in [6.45, 7) is 7.96. The van der Waals surface area contributed by atoms with Crippen molar-refractivity contribution in [3.63, 3.8) is 0 Å². The normalized spacial score (nSPS) is 30.6. The van der Waals surface area contributed by atoms with Crippen LogP contribution in [0.25, 0.3) is 0 Å². The molecule has 0 aromatic carbocycles. The molecule has 0 bridgehead atoms. The standard InChI is InChI=1S/C15H24N2S/c1-4-16-15(8-11(9-15)10(2)3)14-17-12-6-5-7-13(12)18-14/h10-11,16H,4-9H2,1-3H3. The first-order valence-electron chi connectivity index (χ1n) is 7.38. The number of hydrogen-bond donors (Lipinski definition) is 1.